The molecule has 0 saturated carbocycles. The monoisotopic (exact) mass is 338 g/mol. The van der Waals surface area contributed by atoms with Crippen LogP contribution in [0.5, 0.6) is 5.75 Å². The summed E-state index contributed by atoms with van der Waals surface area (Å²) < 4.78 is 5.42. The molecule has 0 spiro atoms. The molecule has 120 valence electrons. The van der Waals surface area contributed by atoms with E-state index in [0.717, 1.165) is 0 Å². The van der Waals surface area contributed by atoms with E-state index in [1.807, 2.05) is 29.6 Å². The van der Waals surface area contributed by atoms with Crippen molar-refractivity contribution in [2.45, 2.75) is 12.5 Å². The zero-order valence-corrected chi connectivity index (χ0v) is 13.4. The average Bonchev–Trinajstić information content (AvgIpc) is 3.34. The Kier molecular flexibility index (Phi) is 3.66. The summed E-state index contributed by atoms with van der Waals surface area (Å²) in [5, 5.41) is 18.0. The maximum Gasteiger partial charge on any atom is 0.284 e. The van der Waals surface area contributed by atoms with Gasteiger partial charge in [-0.15, -0.1) is 11.3 Å². The number of hydrogen-bond acceptors (Lipinski definition) is 5. The number of carbonyl (C=O) groups is 1. The number of thiophene rings is 1. The van der Waals surface area contributed by atoms with E-state index in [-0.39, 0.29) is 17.7 Å². The maximum atomic E-state index is 12.8. The van der Waals surface area contributed by atoms with E-state index < -0.39 is 0 Å². The van der Waals surface area contributed by atoms with Gasteiger partial charge in [0.05, 0.1) is 17.2 Å². The van der Waals surface area contributed by atoms with E-state index in [4.69, 9.17) is 4.42 Å². The Hall–Kier alpha value is -2.86. The van der Waals surface area contributed by atoms with Crippen LogP contribution < -0.4 is 0 Å². The van der Waals surface area contributed by atoms with Gasteiger partial charge in [-0.1, -0.05) is 24.3 Å². The molecule has 2 aromatic heterocycles. The Labute approximate surface area is 142 Å². The minimum Gasteiger partial charge on any atom is -0.508 e. The van der Waals surface area contributed by atoms with E-state index in [1.165, 1.54) is 16.3 Å². The fraction of sp³-hybridized carbons (Fsp3) is 0.111. The highest BCUT2D eigenvalue weighted by molar-refractivity contribution is 7.12. The second-order valence-electron chi connectivity index (χ2n) is 5.43. The lowest BCUT2D eigenvalue weighted by Crippen LogP contribution is -2.26. The van der Waals surface area contributed by atoms with E-state index in [1.54, 1.807) is 30.5 Å². The highest BCUT2D eigenvalue weighted by atomic mass is 32.1. The molecule has 5 nitrogen and oxygen atoms in total. The molecule has 4 rings (SSSR count). The number of hydrogen-bond donors (Lipinski definition) is 1. The molecule has 3 heterocycles. The van der Waals surface area contributed by atoms with Crippen molar-refractivity contribution < 1.29 is 14.3 Å². The van der Waals surface area contributed by atoms with Gasteiger partial charge in [-0.25, -0.2) is 5.01 Å². The molecule has 0 radical (unpaired) electrons. The Bertz CT molecular complexity index is 885. The van der Waals surface area contributed by atoms with E-state index in [0.29, 0.717) is 28.3 Å². The Morgan fingerprint density at radius 1 is 1.21 bits per heavy atom. The highest BCUT2D eigenvalue weighted by Gasteiger charge is 2.36. The molecule has 0 bridgehead atoms. The normalized spacial score (nSPS) is 17.1. The van der Waals surface area contributed by atoms with Crippen LogP contribution in [0.2, 0.25) is 0 Å². The van der Waals surface area contributed by atoms with Crippen molar-refractivity contribution in [3.63, 3.8) is 0 Å². The van der Waals surface area contributed by atoms with Gasteiger partial charge < -0.3 is 9.52 Å². The number of aromatic hydroxyl groups is 1. The number of phenols is 1. The number of rotatable bonds is 3. The van der Waals surface area contributed by atoms with Crippen LogP contribution in [0, 0.1) is 0 Å². The molecule has 0 aliphatic carbocycles. The van der Waals surface area contributed by atoms with Crippen LogP contribution in [0.1, 0.15) is 33.5 Å². The third-order valence-electron chi connectivity index (χ3n) is 3.95. The van der Waals surface area contributed by atoms with Gasteiger partial charge in [0.25, 0.3) is 5.91 Å². The highest BCUT2D eigenvalue weighted by Crippen LogP contribution is 2.38. The quantitative estimate of drug-likeness (QED) is 0.784. The van der Waals surface area contributed by atoms with Crippen molar-refractivity contribution in [2.24, 2.45) is 5.10 Å². The predicted molar refractivity (Wildman–Crippen MR) is 91.2 cm³/mol. The number of phenolic OH excluding ortho intramolecular Hbond substituents is 1. The van der Waals surface area contributed by atoms with Crippen molar-refractivity contribution in [1.82, 2.24) is 5.01 Å². The molecule has 1 N–H and O–H groups in total. The van der Waals surface area contributed by atoms with Crippen LogP contribution in [0.25, 0.3) is 0 Å². The summed E-state index contributed by atoms with van der Waals surface area (Å²) in [6, 6.07) is 13.9. The number of para-hydroxylation sites is 1. The van der Waals surface area contributed by atoms with Crippen LogP contribution in [-0.2, 0) is 0 Å². The van der Waals surface area contributed by atoms with E-state index >= 15 is 0 Å². The minimum absolute atomic E-state index is 0.155. The lowest BCUT2D eigenvalue weighted by molar-refractivity contribution is 0.0714. The van der Waals surface area contributed by atoms with Gasteiger partial charge >= 0.3 is 0 Å². The van der Waals surface area contributed by atoms with Crippen molar-refractivity contribution in [3.8, 4) is 5.75 Å². The second-order valence-corrected chi connectivity index (χ2v) is 6.38. The van der Waals surface area contributed by atoms with Crippen molar-refractivity contribution in [2.75, 3.05) is 0 Å². The summed E-state index contributed by atoms with van der Waals surface area (Å²) in [6.45, 7) is 0. The van der Waals surface area contributed by atoms with Crippen LogP contribution in [0.4, 0.5) is 0 Å². The van der Waals surface area contributed by atoms with Crippen molar-refractivity contribution in [1.29, 1.82) is 0 Å². The Morgan fingerprint density at radius 3 is 2.79 bits per heavy atom. The van der Waals surface area contributed by atoms with E-state index in [2.05, 4.69) is 5.10 Å². The molecule has 3 aromatic rings. The number of benzene rings is 1. The molecule has 1 amide bonds. The SMILES string of the molecule is O=C(c1cccs1)N1N=C(c2ccco2)C[C@H]1c1ccccc1O. The van der Waals surface area contributed by atoms with Crippen molar-refractivity contribution in [3.05, 3.63) is 76.4 Å². The predicted octanol–water partition coefficient (Wildman–Crippen LogP) is 4.04. The first-order chi connectivity index (χ1) is 11.7. The van der Waals surface area contributed by atoms with Crippen LogP contribution >= 0.6 is 11.3 Å². The van der Waals surface area contributed by atoms with Gasteiger partial charge in [-0.05, 0) is 29.6 Å². The first-order valence-electron chi connectivity index (χ1n) is 7.50. The Morgan fingerprint density at radius 2 is 2.08 bits per heavy atom. The fourth-order valence-electron chi connectivity index (χ4n) is 2.81. The zero-order valence-electron chi connectivity index (χ0n) is 12.6. The molecule has 24 heavy (non-hydrogen) atoms. The van der Waals surface area contributed by atoms with Gasteiger partial charge in [0.1, 0.15) is 17.2 Å². The molecule has 6 heteroatoms. The first-order valence-corrected chi connectivity index (χ1v) is 8.38. The van der Waals surface area contributed by atoms with Crippen molar-refractivity contribution >= 4 is 23.0 Å². The largest absolute Gasteiger partial charge is 0.508 e. The van der Waals surface area contributed by atoms with Gasteiger partial charge in [-0.3, -0.25) is 4.79 Å². The number of nitrogens with zero attached hydrogens (tertiary/aromatic N) is 2. The minimum atomic E-state index is -0.360. The van der Waals surface area contributed by atoms with Gasteiger partial charge in [0.2, 0.25) is 0 Å². The Balaban J connectivity index is 1.75. The molecular weight excluding hydrogens is 324 g/mol. The molecule has 0 saturated heterocycles. The molecule has 0 unspecified atom stereocenters. The number of hydrazone groups is 1. The number of carbonyl (C=O) groups excluding carboxylic acids is 1. The van der Waals surface area contributed by atoms with Crippen LogP contribution in [0.3, 0.4) is 0 Å². The lowest BCUT2D eigenvalue weighted by Gasteiger charge is -2.22. The number of furan rings is 1. The molecule has 1 aliphatic rings. The van der Waals surface area contributed by atoms with Gasteiger partial charge in [-0.2, -0.15) is 5.10 Å². The van der Waals surface area contributed by atoms with Crippen LogP contribution in [-0.4, -0.2) is 21.7 Å². The van der Waals surface area contributed by atoms with Gasteiger partial charge in [0.15, 0.2) is 0 Å². The van der Waals surface area contributed by atoms with Gasteiger partial charge in [0, 0.05) is 12.0 Å². The topological polar surface area (TPSA) is 66.0 Å². The summed E-state index contributed by atoms with van der Waals surface area (Å²) in [5.74, 6) is 0.610. The summed E-state index contributed by atoms with van der Waals surface area (Å²) in [5.41, 5.74) is 1.37. The third-order valence-corrected chi connectivity index (χ3v) is 4.81. The molecule has 1 aromatic carbocycles. The first kappa shape index (κ1) is 14.7. The molecule has 1 aliphatic heterocycles. The molecule has 1 atom stereocenters. The second kappa shape index (κ2) is 5.98. The summed E-state index contributed by atoms with van der Waals surface area (Å²) in [4.78, 5) is 13.4. The van der Waals surface area contributed by atoms with Crippen LogP contribution in [0.15, 0.2) is 69.7 Å². The van der Waals surface area contributed by atoms with E-state index in [9.17, 15) is 9.90 Å². The smallest absolute Gasteiger partial charge is 0.284 e. The fourth-order valence-corrected chi connectivity index (χ4v) is 3.47. The number of amides is 1. The third kappa shape index (κ3) is 2.51. The molecule has 0 fully saturated rings. The average molecular weight is 338 g/mol. The summed E-state index contributed by atoms with van der Waals surface area (Å²) >= 11 is 1.37. The summed E-state index contributed by atoms with van der Waals surface area (Å²) in [6.07, 6.45) is 2.07. The molecular formula is C18H14N2O3S. The maximum absolute atomic E-state index is 12.8. The summed E-state index contributed by atoms with van der Waals surface area (Å²) in [7, 11) is 0. The standard InChI is InChI=1S/C18H14N2O3S/c21-15-6-2-1-5-12(15)14-11-13(16-7-3-9-23-16)19-20(14)18(22)17-8-4-10-24-17/h1-10,14,21H,11H2/t14-/m0/s1. The lowest BCUT2D eigenvalue weighted by atomic mass is 10.00. The zero-order chi connectivity index (χ0) is 16.5.